The number of sulfonamides is 1. The molecule has 0 saturated carbocycles. The van der Waals surface area contributed by atoms with Crippen molar-refractivity contribution in [2.45, 2.75) is 29.4 Å². The summed E-state index contributed by atoms with van der Waals surface area (Å²) in [4.78, 5) is 0.186. The Morgan fingerprint density at radius 3 is 2.69 bits per heavy atom. The minimum Gasteiger partial charge on any atom is -0.489 e. The normalized spacial score (nSPS) is 22.8. The lowest BCUT2D eigenvalue weighted by Crippen LogP contribution is -2.31. The third-order valence-corrected chi connectivity index (χ3v) is 10.1. The molecule has 3 aromatic carbocycles. The minimum absolute atomic E-state index is 0.0997. The lowest BCUT2D eigenvalue weighted by Gasteiger charge is -2.38. The number of anilines is 2. The highest BCUT2D eigenvalue weighted by atomic mass is 35.5. The van der Waals surface area contributed by atoms with Gasteiger partial charge in [0.05, 0.1) is 21.6 Å². The third-order valence-electron chi connectivity index (χ3n) is 6.94. The highest BCUT2D eigenvalue weighted by molar-refractivity contribution is 8.00. The fourth-order valence-corrected chi connectivity index (χ4v) is 7.17. The molecule has 2 N–H and O–H groups in total. The van der Waals surface area contributed by atoms with Crippen LogP contribution in [0.3, 0.4) is 0 Å². The maximum Gasteiger partial charge on any atom is 0.261 e. The molecule has 0 aromatic heterocycles. The highest BCUT2D eigenvalue weighted by Crippen LogP contribution is 2.50. The van der Waals surface area contributed by atoms with E-state index in [0.717, 1.165) is 34.9 Å². The standard InChI is InChI=1S/C27H24Cl2N2O3S2/c28-17-7-9-24(29)26(12-17)31-36(32,33)20-8-10-25-23(13-20)21-5-2-6-22(21)27(30-25)16-3-1-4-18(11-16)34-19-14-35-15-19/h1-5,7-13,19,21-22,27,30-31H,6,14-15H2/t21-,22+,27+/m0/s1. The van der Waals surface area contributed by atoms with Crippen molar-refractivity contribution in [2.24, 2.45) is 5.92 Å². The van der Waals surface area contributed by atoms with Crippen LogP contribution >= 0.6 is 35.0 Å². The molecule has 1 aliphatic carbocycles. The summed E-state index contributed by atoms with van der Waals surface area (Å²) in [5, 5.41) is 4.37. The summed E-state index contributed by atoms with van der Waals surface area (Å²) in [6.45, 7) is 0. The van der Waals surface area contributed by atoms with Crippen LogP contribution in [0.15, 0.2) is 77.7 Å². The summed E-state index contributed by atoms with van der Waals surface area (Å²) in [5.41, 5.74) is 3.34. The molecule has 0 unspecified atom stereocenters. The van der Waals surface area contributed by atoms with E-state index in [1.165, 1.54) is 11.6 Å². The van der Waals surface area contributed by atoms with Gasteiger partial charge >= 0.3 is 0 Å². The highest BCUT2D eigenvalue weighted by Gasteiger charge is 2.38. The van der Waals surface area contributed by atoms with E-state index < -0.39 is 10.0 Å². The van der Waals surface area contributed by atoms with Gasteiger partial charge in [-0.1, -0.05) is 47.5 Å². The lowest BCUT2D eigenvalue weighted by atomic mass is 9.77. The maximum absolute atomic E-state index is 13.2. The topological polar surface area (TPSA) is 67.4 Å². The van der Waals surface area contributed by atoms with Crippen LogP contribution < -0.4 is 14.8 Å². The van der Waals surface area contributed by atoms with E-state index in [1.807, 2.05) is 30.0 Å². The molecule has 0 radical (unpaired) electrons. The second-order valence-corrected chi connectivity index (χ2v) is 12.9. The van der Waals surface area contributed by atoms with E-state index in [1.54, 1.807) is 24.3 Å². The first kappa shape index (κ1) is 24.0. The van der Waals surface area contributed by atoms with Gasteiger partial charge in [0, 0.05) is 28.1 Å². The first-order chi connectivity index (χ1) is 17.4. The second-order valence-electron chi connectivity index (χ2n) is 9.30. The fraction of sp³-hybridized carbons (Fsp3) is 0.259. The molecule has 36 heavy (non-hydrogen) atoms. The zero-order chi connectivity index (χ0) is 24.9. The van der Waals surface area contributed by atoms with Crippen LogP contribution in [-0.2, 0) is 10.0 Å². The van der Waals surface area contributed by atoms with E-state index in [4.69, 9.17) is 27.9 Å². The van der Waals surface area contributed by atoms with Crippen molar-refractivity contribution >= 4 is 56.4 Å². The Morgan fingerprint density at radius 1 is 1.03 bits per heavy atom. The first-order valence-electron chi connectivity index (χ1n) is 11.8. The number of hydrogen-bond donors (Lipinski definition) is 2. The number of rotatable bonds is 6. The van der Waals surface area contributed by atoms with Crippen molar-refractivity contribution in [2.75, 3.05) is 21.5 Å². The number of fused-ring (bicyclic) bond motifs is 3. The Kier molecular flexibility index (Phi) is 6.36. The summed E-state index contributed by atoms with van der Waals surface area (Å²) in [5.74, 6) is 3.37. The van der Waals surface area contributed by atoms with Gasteiger partial charge in [-0.3, -0.25) is 4.72 Å². The van der Waals surface area contributed by atoms with Gasteiger partial charge in [0.25, 0.3) is 10.0 Å². The van der Waals surface area contributed by atoms with Crippen molar-refractivity contribution in [1.29, 1.82) is 0 Å². The Labute approximate surface area is 225 Å². The number of hydrogen-bond acceptors (Lipinski definition) is 5. The number of nitrogens with one attached hydrogen (secondary N) is 2. The van der Waals surface area contributed by atoms with Crippen LogP contribution in [0.1, 0.15) is 29.5 Å². The molecule has 2 aliphatic heterocycles. The molecule has 0 bridgehead atoms. The monoisotopic (exact) mass is 558 g/mol. The Hall–Kier alpha value is -2.32. The van der Waals surface area contributed by atoms with Gasteiger partial charge in [0.15, 0.2) is 0 Å². The molecular weight excluding hydrogens is 535 g/mol. The number of allylic oxidation sites excluding steroid dienone is 2. The average Bonchev–Trinajstić information content (AvgIpc) is 3.33. The number of ether oxygens (including phenoxy) is 1. The summed E-state index contributed by atoms with van der Waals surface area (Å²) in [6, 6.07) is 18.4. The Balaban J connectivity index is 1.30. The summed E-state index contributed by atoms with van der Waals surface area (Å²) in [7, 11) is -3.86. The van der Waals surface area contributed by atoms with Gasteiger partial charge in [-0.25, -0.2) is 8.42 Å². The van der Waals surface area contributed by atoms with Gasteiger partial charge in [-0.2, -0.15) is 11.8 Å². The molecule has 0 amide bonds. The van der Waals surface area contributed by atoms with Crippen LogP contribution in [0, 0.1) is 5.92 Å². The zero-order valence-electron chi connectivity index (χ0n) is 19.2. The van der Waals surface area contributed by atoms with Crippen LogP contribution in [-0.4, -0.2) is 26.0 Å². The maximum atomic E-state index is 13.2. The number of halogens is 2. The van der Waals surface area contributed by atoms with Crippen LogP contribution in [0.4, 0.5) is 11.4 Å². The molecule has 5 nitrogen and oxygen atoms in total. The van der Waals surface area contributed by atoms with Crippen LogP contribution in [0.5, 0.6) is 5.75 Å². The summed E-state index contributed by atoms with van der Waals surface area (Å²) >= 11 is 14.1. The summed E-state index contributed by atoms with van der Waals surface area (Å²) < 4.78 is 35.1. The molecule has 3 atom stereocenters. The van der Waals surface area contributed by atoms with E-state index in [0.29, 0.717) is 11.1 Å². The molecule has 9 heteroatoms. The molecule has 0 spiro atoms. The van der Waals surface area contributed by atoms with Gasteiger partial charge in [-0.05, 0) is 72.0 Å². The van der Waals surface area contributed by atoms with Crippen molar-refractivity contribution < 1.29 is 13.2 Å². The summed E-state index contributed by atoms with van der Waals surface area (Å²) in [6.07, 6.45) is 5.60. The van der Waals surface area contributed by atoms with Crippen molar-refractivity contribution in [1.82, 2.24) is 0 Å². The third kappa shape index (κ3) is 4.58. The van der Waals surface area contributed by atoms with Crippen molar-refractivity contribution in [3.05, 3.63) is 94.0 Å². The van der Waals surface area contributed by atoms with Crippen LogP contribution in [0.25, 0.3) is 0 Å². The number of benzene rings is 3. The second kappa shape index (κ2) is 9.53. The van der Waals surface area contributed by atoms with E-state index in [9.17, 15) is 8.42 Å². The van der Waals surface area contributed by atoms with E-state index >= 15 is 0 Å². The molecule has 2 heterocycles. The zero-order valence-corrected chi connectivity index (χ0v) is 22.3. The number of thioether (sulfide) groups is 1. The van der Waals surface area contributed by atoms with Gasteiger partial charge in [-0.15, -0.1) is 0 Å². The van der Waals surface area contributed by atoms with Gasteiger partial charge in [0.1, 0.15) is 11.9 Å². The van der Waals surface area contributed by atoms with E-state index in [-0.39, 0.29) is 33.5 Å². The Morgan fingerprint density at radius 2 is 1.89 bits per heavy atom. The van der Waals surface area contributed by atoms with Gasteiger partial charge < -0.3 is 10.1 Å². The van der Waals surface area contributed by atoms with Crippen molar-refractivity contribution in [3.63, 3.8) is 0 Å². The molecule has 186 valence electrons. The molecule has 1 fully saturated rings. The molecular formula is C27H24Cl2N2O3S2. The quantitative estimate of drug-likeness (QED) is 0.315. The molecule has 1 saturated heterocycles. The fourth-order valence-electron chi connectivity index (χ4n) is 5.10. The smallest absolute Gasteiger partial charge is 0.261 e. The van der Waals surface area contributed by atoms with Crippen LogP contribution in [0.2, 0.25) is 10.0 Å². The SMILES string of the molecule is O=S(=O)(Nc1cc(Cl)ccc1Cl)c1ccc2c(c1)[C@H]1C=CC[C@H]1[C@@H](c1cccc(OC3CSC3)c1)N2. The predicted molar refractivity (Wildman–Crippen MR) is 148 cm³/mol. The molecule has 6 rings (SSSR count). The van der Waals surface area contributed by atoms with Crippen molar-refractivity contribution in [3.8, 4) is 5.75 Å². The Bertz CT molecular complexity index is 1460. The van der Waals surface area contributed by atoms with Gasteiger partial charge in [0.2, 0.25) is 0 Å². The predicted octanol–water partition coefficient (Wildman–Crippen LogP) is 7.11. The first-order valence-corrected chi connectivity index (χ1v) is 15.2. The molecule has 3 aromatic rings. The lowest BCUT2D eigenvalue weighted by molar-refractivity contribution is 0.240. The molecule has 3 aliphatic rings. The average molecular weight is 560 g/mol. The largest absolute Gasteiger partial charge is 0.489 e. The minimum atomic E-state index is -3.86. The van der Waals surface area contributed by atoms with E-state index in [2.05, 4.69) is 34.3 Å².